The lowest BCUT2D eigenvalue weighted by atomic mass is 10.1. The number of hydrogen-bond donors (Lipinski definition) is 1. The van der Waals surface area contributed by atoms with Crippen LogP contribution in [0.2, 0.25) is 0 Å². The van der Waals surface area contributed by atoms with Crippen LogP contribution in [0.5, 0.6) is 0 Å². The predicted molar refractivity (Wildman–Crippen MR) is 68.0 cm³/mol. The van der Waals surface area contributed by atoms with E-state index in [-0.39, 0.29) is 36.4 Å². The topological polar surface area (TPSA) is 49.4 Å². The zero-order valence-corrected chi connectivity index (χ0v) is 10.7. The van der Waals surface area contributed by atoms with Crippen LogP contribution in [0.4, 0.5) is 14.5 Å². The van der Waals surface area contributed by atoms with Crippen LogP contribution in [0, 0.1) is 17.6 Å². The van der Waals surface area contributed by atoms with Gasteiger partial charge in [-0.05, 0) is 30.9 Å². The first-order chi connectivity index (χ1) is 9.54. The van der Waals surface area contributed by atoms with Gasteiger partial charge in [0.05, 0.1) is 0 Å². The van der Waals surface area contributed by atoms with E-state index in [0.29, 0.717) is 0 Å². The standard InChI is InChI=1S/C14H14F2N2O2/c15-9-5-10(16)7-11(6-9)18-4-3-12(19)17-13(14(18)20)8-1-2-8/h5-8,13H,1-4H2,(H,17,19). The molecule has 1 saturated heterocycles. The van der Waals surface area contributed by atoms with Crippen molar-refractivity contribution >= 4 is 17.5 Å². The molecule has 1 N–H and O–H groups in total. The van der Waals surface area contributed by atoms with Crippen LogP contribution in [-0.2, 0) is 9.59 Å². The summed E-state index contributed by atoms with van der Waals surface area (Å²) in [6, 6.07) is 2.41. The van der Waals surface area contributed by atoms with E-state index >= 15 is 0 Å². The van der Waals surface area contributed by atoms with Crippen molar-refractivity contribution in [2.24, 2.45) is 5.92 Å². The summed E-state index contributed by atoms with van der Waals surface area (Å²) in [7, 11) is 0. The fourth-order valence-corrected chi connectivity index (χ4v) is 2.50. The normalized spacial score (nSPS) is 23.5. The van der Waals surface area contributed by atoms with Gasteiger partial charge in [-0.25, -0.2) is 8.78 Å². The minimum absolute atomic E-state index is 0.132. The van der Waals surface area contributed by atoms with E-state index in [0.717, 1.165) is 31.0 Å². The third-order valence-electron chi connectivity index (χ3n) is 3.66. The van der Waals surface area contributed by atoms with Gasteiger partial charge in [0.1, 0.15) is 17.7 Å². The number of benzene rings is 1. The number of halogens is 2. The molecule has 1 aliphatic carbocycles. The van der Waals surface area contributed by atoms with E-state index in [1.54, 1.807) is 0 Å². The van der Waals surface area contributed by atoms with Gasteiger partial charge in [-0.3, -0.25) is 9.59 Å². The summed E-state index contributed by atoms with van der Waals surface area (Å²) in [4.78, 5) is 25.4. The van der Waals surface area contributed by atoms with Crippen molar-refractivity contribution in [2.75, 3.05) is 11.4 Å². The fraction of sp³-hybridized carbons (Fsp3) is 0.429. The second-order valence-electron chi connectivity index (χ2n) is 5.25. The van der Waals surface area contributed by atoms with Crippen LogP contribution in [-0.4, -0.2) is 24.4 Å². The number of amides is 2. The Morgan fingerprint density at radius 1 is 1.10 bits per heavy atom. The first kappa shape index (κ1) is 13.0. The van der Waals surface area contributed by atoms with E-state index in [1.165, 1.54) is 4.90 Å². The smallest absolute Gasteiger partial charge is 0.249 e. The second-order valence-corrected chi connectivity index (χ2v) is 5.25. The molecular weight excluding hydrogens is 266 g/mol. The van der Waals surface area contributed by atoms with Crippen LogP contribution >= 0.6 is 0 Å². The first-order valence-electron chi connectivity index (χ1n) is 6.61. The lowest BCUT2D eigenvalue weighted by Gasteiger charge is -2.24. The molecule has 1 aromatic rings. The zero-order valence-electron chi connectivity index (χ0n) is 10.7. The summed E-state index contributed by atoms with van der Waals surface area (Å²) >= 11 is 0. The summed E-state index contributed by atoms with van der Waals surface area (Å²) in [6.07, 6.45) is 1.91. The highest BCUT2D eigenvalue weighted by atomic mass is 19.1. The summed E-state index contributed by atoms with van der Waals surface area (Å²) in [5, 5.41) is 2.70. The maximum Gasteiger partial charge on any atom is 0.249 e. The average Bonchev–Trinajstić information content (AvgIpc) is 3.18. The van der Waals surface area contributed by atoms with E-state index in [9.17, 15) is 18.4 Å². The minimum Gasteiger partial charge on any atom is -0.344 e. The van der Waals surface area contributed by atoms with Crippen molar-refractivity contribution in [1.29, 1.82) is 0 Å². The van der Waals surface area contributed by atoms with Crippen molar-refractivity contribution in [3.05, 3.63) is 29.8 Å². The third kappa shape index (κ3) is 2.50. The molecule has 6 heteroatoms. The molecule has 2 amide bonds. The van der Waals surface area contributed by atoms with Crippen LogP contribution < -0.4 is 10.2 Å². The van der Waals surface area contributed by atoms with Gasteiger partial charge < -0.3 is 10.2 Å². The Morgan fingerprint density at radius 3 is 2.35 bits per heavy atom. The minimum atomic E-state index is -0.737. The molecule has 1 heterocycles. The van der Waals surface area contributed by atoms with Crippen LogP contribution in [0.3, 0.4) is 0 Å². The molecule has 0 radical (unpaired) electrons. The molecule has 0 bridgehead atoms. The Labute approximate surface area is 114 Å². The van der Waals surface area contributed by atoms with Gasteiger partial charge in [0, 0.05) is 24.7 Å². The van der Waals surface area contributed by atoms with Gasteiger partial charge >= 0.3 is 0 Å². The Kier molecular flexibility index (Phi) is 3.16. The van der Waals surface area contributed by atoms with Crippen molar-refractivity contribution in [2.45, 2.75) is 25.3 Å². The number of hydrogen-bond acceptors (Lipinski definition) is 2. The molecule has 0 spiro atoms. The molecule has 1 saturated carbocycles. The lowest BCUT2D eigenvalue weighted by molar-refractivity contribution is -0.126. The zero-order chi connectivity index (χ0) is 14.3. The number of carbonyl (C=O) groups excluding carboxylic acids is 2. The number of rotatable bonds is 2. The van der Waals surface area contributed by atoms with Gasteiger partial charge in [-0.2, -0.15) is 0 Å². The molecule has 3 rings (SSSR count). The molecule has 1 unspecified atom stereocenters. The van der Waals surface area contributed by atoms with Gasteiger partial charge in [0.25, 0.3) is 0 Å². The Hall–Kier alpha value is -1.98. The predicted octanol–water partition coefficient (Wildman–Crippen LogP) is 1.60. The molecule has 1 atom stereocenters. The molecule has 0 aromatic heterocycles. The van der Waals surface area contributed by atoms with Crippen molar-refractivity contribution in [1.82, 2.24) is 5.32 Å². The molecule has 2 aliphatic rings. The Bertz CT molecular complexity index is 552. The van der Waals surface area contributed by atoms with E-state index in [2.05, 4.69) is 5.32 Å². The maximum atomic E-state index is 13.3. The molecule has 20 heavy (non-hydrogen) atoms. The summed E-state index contributed by atoms with van der Waals surface area (Å²) in [5.41, 5.74) is 0.162. The highest BCUT2D eigenvalue weighted by molar-refractivity contribution is 6.01. The van der Waals surface area contributed by atoms with Crippen LogP contribution in [0.1, 0.15) is 19.3 Å². The Balaban J connectivity index is 1.93. The van der Waals surface area contributed by atoms with Gasteiger partial charge in [0.15, 0.2) is 0 Å². The van der Waals surface area contributed by atoms with E-state index < -0.39 is 17.7 Å². The SMILES string of the molecule is O=C1CCN(c2cc(F)cc(F)c2)C(=O)C(C2CC2)N1. The maximum absolute atomic E-state index is 13.3. The Morgan fingerprint density at radius 2 is 1.75 bits per heavy atom. The quantitative estimate of drug-likeness (QED) is 0.894. The summed E-state index contributed by atoms with van der Waals surface area (Å²) < 4.78 is 26.6. The molecule has 2 fully saturated rings. The monoisotopic (exact) mass is 280 g/mol. The molecule has 1 aliphatic heterocycles. The van der Waals surface area contributed by atoms with Gasteiger partial charge in [0.2, 0.25) is 11.8 Å². The van der Waals surface area contributed by atoms with Crippen LogP contribution in [0.25, 0.3) is 0 Å². The highest BCUT2D eigenvalue weighted by Crippen LogP contribution is 2.35. The lowest BCUT2D eigenvalue weighted by Crippen LogP contribution is -2.46. The number of nitrogens with zero attached hydrogens (tertiary/aromatic N) is 1. The third-order valence-corrected chi connectivity index (χ3v) is 3.66. The fourth-order valence-electron chi connectivity index (χ4n) is 2.50. The largest absolute Gasteiger partial charge is 0.344 e. The van der Waals surface area contributed by atoms with Crippen molar-refractivity contribution in [3.63, 3.8) is 0 Å². The molecule has 4 nitrogen and oxygen atoms in total. The second kappa shape index (κ2) is 4.85. The number of nitrogens with one attached hydrogen (secondary N) is 1. The van der Waals surface area contributed by atoms with Crippen molar-refractivity contribution < 1.29 is 18.4 Å². The summed E-state index contributed by atoms with van der Waals surface area (Å²) in [6.45, 7) is 0.136. The first-order valence-corrected chi connectivity index (χ1v) is 6.61. The van der Waals surface area contributed by atoms with Gasteiger partial charge in [-0.15, -0.1) is 0 Å². The average molecular weight is 280 g/mol. The highest BCUT2D eigenvalue weighted by Gasteiger charge is 2.41. The van der Waals surface area contributed by atoms with Crippen LogP contribution in [0.15, 0.2) is 18.2 Å². The van der Waals surface area contributed by atoms with Gasteiger partial charge in [-0.1, -0.05) is 0 Å². The molecular formula is C14H14F2N2O2. The van der Waals surface area contributed by atoms with E-state index in [1.807, 2.05) is 0 Å². The number of anilines is 1. The van der Waals surface area contributed by atoms with Crippen molar-refractivity contribution in [3.8, 4) is 0 Å². The molecule has 106 valence electrons. The summed E-state index contributed by atoms with van der Waals surface area (Å²) in [5.74, 6) is -1.82. The van der Waals surface area contributed by atoms with E-state index in [4.69, 9.17) is 0 Å². The molecule has 1 aromatic carbocycles. The number of carbonyl (C=O) groups is 2.